The monoisotopic (exact) mass is 279 g/mol. The second-order valence-electron chi connectivity index (χ2n) is 3.46. The van der Waals surface area contributed by atoms with Gasteiger partial charge < -0.3 is 15.2 Å². The lowest BCUT2D eigenvalue weighted by molar-refractivity contribution is 0.0698. The number of nitrogens with one attached hydrogen (secondary N) is 1. The van der Waals surface area contributed by atoms with Gasteiger partial charge in [0.25, 0.3) is 5.91 Å². The van der Waals surface area contributed by atoms with Gasteiger partial charge in [0, 0.05) is 6.07 Å². The fourth-order valence-electron chi connectivity index (χ4n) is 1.39. The molecule has 0 bridgehead atoms. The number of carbonyl (C=O) groups excluding carboxylic acids is 1. The molecule has 1 heterocycles. The Labute approximate surface area is 112 Å². The number of methoxy groups -OCH3 is 1. The minimum absolute atomic E-state index is 0.0302. The van der Waals surface area contributed by atoms with E-state index in [4.69, 9.17) is 9.84 Å². The van der Waals surface area contributed by atoms with E-state index in [0.29, 0.717) is 5.75 Å². The van der Waals surface area contributed by atoms with Gasteiger partial charge in [-0.25, -0.2) is 4.79 Å². The molecule has 1 aromatic carbocycles. The van der Waals surface area contributed by atoms with Crippen LogP contribution in [0.25, 0.3) is 0 Å². The molecule has 0 fully saturated rings. The number of hydrogen-bond donors (Lipinski definition) is 2. The number of amides is 1. The average Bonchev–Trinajstić information content (AvgIpc) is 2.92. The molecule has 98 valence electrons. The zero-order valence-corrected chi connectivity index (χ0v) is 10.6. The van der Waals surface area contributed by atoms with Crippen molar-refractivity contribution in [3.05, 3.63) is 35.7 Å². The van der Waals surface area contributed by atoms with Gasteiger partial charge in [0.15, 0.2) is 5.69 Å². The van der Waals surface area contributed by atoms with Crippen LogP contribution in [0.5, 0.6) is 5.75 Å². The van der Waals surface area contributed by atoms with Crippen LogP contribution in [0.4, 0.5) is 5.69 Å². The first-order valence-corrected chi connectivity index (χ1v) is 5.85. The van der Waals surface area contributed by atoms with E-state index in [1.807, 2.05) is 0 Å². The third kappa shape index (κ3) is 2.86. The van der Waals surface area contributed by atoms with Crippen molar-refractivity contribution in [1.29, 1.82) is 0 Å². The fraction of sp³-hybridized carbons (Fsp3) is 0.0909. The highest BCUT2D eigenvalue weighted by atomic mass is 32.1. The van der Waals surface area contributed by atoms with Gasteiger partial charge in [0.2, 0.25) is 0 Å². The van der Waals surface area contributed by atoms with Crippen molar-refractivity contribution < 1.29 is 19.4 Å². The summed E-state index contributed by atoms with van der Waals surface area (Å²) in [6.07, 6.45) is 1.31. The smallest absolute Gasteiger partial charge is 0.337 e. The predicted molar refractivity (Wildman–Crippen MR) is 67.8 cm³/mol. The lowest BCUT2D eigenvalue weighted by Crippen LogP contribution is -2.15. The number of rotatable bonds is 4. The second kappa shape index (κ2) is 5.44. The van der Waals surface area contributed by atoms with E-state index in [9.17, 15) is 9.59 Å². The summed E-state index contributed by atoms with van der Waals surface area (Å²) in [4.78, 5) is 22.9. The predicted octanol–water partition coefficient (Wildman–Crippen LogP) is 1.50. The van der Waals surface area contributed by atoms with Crippen LogP contribution in [0, 0.1) is 0 Å². The SMILES string of the molecule is COc1ccc(C(=O)O)c(NC(=O)c2cnsn2)c1. The van der Waals surface area contributed by atoms with E-state index in [1.165, 1.54) is 31.5 Å². The van der Waals surface area contributed by atoms with Crippen molar-refractivity contribution >= 4 is 29.3 Å². The largest absolute Gasteiger partial charge is 0.497 e. The van der Waals surface area contributed by atoms with Crippen molar-refractivity contribution in [1.82, 2.24) is 8.75 Å². The molecule has 1 amide bonds. The van der Waals surface area contributed by atoms with Gasteiger partial charge in [-0.2, -0.15) is 8.75 Å². The molecule has 0 saturated carbocycles. The van der Waals surface area contributed by atoms with E-state index in [2.05, 4.69) is 14.1 Å². The van der Waals surface area contributed by atoms with Crippen molar-refractivity contribution in [3.8, 4) is 5.75 Å². The molecule has 2 aromatic rings. The number of benzene rings is 1. The van der Waals surface area contributed by atoms with Crippen molar-refractivity contribution in [2.75, 3.05) is 12.4 Å². The van der Waals surface area contributed by atoms with Crippen molar-refractivity contribution in [2.45, 2.75) is 0 Å². The Bertz CT molecular complexity index is 612. The Morgan fingerprint density at radius 2 is 2.21 bits per heavy atom. The van der Waals surface area contributed by atoms with E-state index >= 15 is 0 Å². The Hall–Kier alpha value is -2.48. The molecule has 2 N–H and O–H groups in total. The lowest BCUT2D eigenvalue weighted by atomic mass is 10.1. The third-order valence-electron chi connectivity index (χ3n) is 2.30. The zero-order valence-electron chi connectivity index (χ0n) is 9.78. The second-order valence-corrected chi connectivity index (χ2v) is 4.02. The Kier molecular flexibility index (Phi) is 3.71. The zero-order chi connectivity index (χ0) is 13.8. The first-order valence-electron chi connectivity index (χ1n) is 5.12. The van der Waals surface area contributed by atoms with Gasteiger partial charge in [-0.15, -0.1) is 0 Å². The van der Waals surface area contributed by atoms with E-state index in [0.717, 1.165) is 11.7 Å². The number of aromatic nitrogens is 2. The molecule has 1 aromatic heterocycles. The molecular formula is C11H9N3O4S. The van der Waals surface area contributed by atoms with Crippen LogP contribution >= 0.6 is 11.7 Å². The van der Waals surface area contributed by atoms with E-state index in [1.54, 1.807) is 0 Å². The number of ether oxygens (including phenoxy) is 1. The molecule has 8 heteroatoms. The number of carbonyl (C=O) groups is 2. The molecular weight excluding hydrogens is 270 g/mol. The summed E-state index contributed by atoms with van der Waals surface area (Å²) in [6, 6.07) is 4.29. The number of hydrogen-bond acceptors (Lipinski definition) is 6. The molecule has 2 rings (SSSR count). The molecule has 0 saturated heterocycles. The molecule has 19 heavy (non-hydrogen) atoms. The van der Waals surface area contributed by atoms with Gasteiger partial charge in [0.05, 0.1) is 36.3 Å². The van der Waals surface area contributed by atoms with Crippen LogP contribution in [-0.2, 0) is 0 Å². The molecule has 0 unspecified atom stereocenters. The summed E-state index contributed by atoms with van der Waals surface area (Å²) in [5, 5.41) is 11.5. The van der Waals surface area contributed by atoms with Gasteiger partial charge in [-0.05, 0) is 12.1 Å². The molecule has 0 atom stereocenters. The van der Waals surface area contributed by atoms with Crippen molar-refractivity contribution in [2.24, 2.45) is 0 Å². The summed E-state index contributed by atoms with van der Waals surface area (Å²) in [5.74, 6) is -1.23. The standard InChI is InChI=1S/C11H9N3O4S/c1-18-6-2-3-7(11(16)17)8(4-6)13-10(15)9-5-12-19-14-9/h2-5H,1H3,(H,13,15)(H,16,17). The van der Waals surface area contributed by atoms with Crippen LogP contribution in [0.1, 0.15) is 20.8 Å². The summed E-state index contributed by atoms with van der Waals surface area (Å²) < 4.78 is 12.5. The lowest BCUT2D eigenvalue weighted by Gasteiger charge is -2.09. The van der Waals surface area contributed by atoms with Crippen LogP contribution in [-0.4, -0.2) is 32.8 Å². The number of carboxylic acids is 1. The summed E-state index contributed by atoms with van der Waals surface area (Å²) in [6.45, 7) is 0. The highest BCUT2D eigenvalue weighted by Gasteiger charge is 2.15. The van der Waals surface area contributed by atoms with E-state index in [-0.39, 0.29) is 16.9 Å². The van der Waals surface area contributed by atoms with Gasteiger partial charge >= 0.3 is 5.97 Å². The molecule has 0 aliphatic heterocycles. The van der Waals surface area contributed by atoms with Crippen LogP contribution in [0.2, 0.25) is 0 Å². The Morgan fingerprint density at radius 3 is 2.79 bits per heavy atom. The summed E-state index contributed by atoms with van der Waals surface area (Å²) in [5.41, 5.74) is 0.242. The Morgan fingerprint density at radius 1 is 1.42 bits per heavy atom. The number of nitrogens with zero attached hydrogens (tertiary/aromatic N) is 2. The first kappa shape index (κ1) is 13.0. The van der Waals surface area contributed by atoms with Gasteiger partial charge in [-0.3, -0.25) is 4.79 Å². The van der Waals surface area contributed by atoms with Crippen molar-refractivity contribution in [3.63, 3.8) is 0 Å². The van der Waals surface area contributed by atoms with E-state index < -0.39 is 11.9 Å². The highest BCUT2D eigenvalue weighted by molar-refractivity contribution is 6.99. The number of anilines is 1. The van der Waals surface area contributed by atoms with Crippen LogP contribution in [0.3, 0.4) is 0 Å². The summed E-state index contributed by atoms with van der Waals surface area (Å²) >= 11 is 0.895. The minimum atomic E-state index is -1.14. The maximum atomic E-state index is 11.8. The highest BCUT2D eigenvalue weighted by Crippen LogP contribution is 2.23. The first-order chi connectivity index (χ1) is 9.11. The summed E-state index contributed by atoms with van der Waals surface area (Å²) in [7, 11) is 1.45. The van der Waals surface area contributed by atoms with Crippen LogP contribution in [0.15, 0.2) is 24.4 Å². The molecule has 0 radical (unpaired) electrons. The van der Waals surface area contributed by atoms with Gasteiger partial charge in [-0.1, -0.05) is 0 Å². The fourth-order valence-corrected chi connectivity index (χ4v) is 1.80. The minimum Gasteiger partial charge on any atom is -0.497 e. The molecule has 0 spiro atoms. The average molecular weight is 279 g/mol. The number of carboxylic acid groups (broad SMARTS) is 1. The molecule has 7 nitrogen and oxygen atoms in total. The maximum absolute atomic E-state index is 11.8. The topological polar surface area (TPSA) is 101 Å². The number of aromatic carboxylic acids is 1. The normalized spacial score (nSPS) is 9.95. The van der Waals surface area contributed by atoms with Gasteiger partial charge in [0.1, 0.15) is 5.75 Å². The molecule has 0 aliphatic carbocycles. The third-order valence-corrected chi connectivity index (χ3v) is 2.78. The quantitative estimate of drug-likeness (QED) is 0.879. The van der Waals surface area contributed by atoms with Crippen LogP contribution < -0.4 is 10.1 Å². The molecule has 0 aliphatic rings. The maximum Gasteiger partial charge on any atom is 0.337 e. The Balaban J connectivity index is 2.32.